The van der Waals surface area contributed by atoms with Crippen molar-refractivity contribution in [3.05, 3.63) is 0 Å². The van der Waals surface area contributed by atoms with E-state index in [9.17, 15) is 0 Å². The summed E-state index contributed by atoms with van der Waals surface area (Å²) in [5, 5.41) is 7.74. The molecule has 0 unspecified atom stereocenters. The van der Waals surface area contributed by atoms with Gasteiger partial charge in [-0.05, 0) is 0 Å². The van der Waals surface area contributed by atoms with Crippen LogP contribution in [0.3, 0.4) is 0 Å². The van der Waals surface area contributed by atoms with Gasteiger partial charge in [0, 0.05) is 0 Å². The molecule has 0 saturated heterocycles. The van der Waals surface area contributed by atoms with Gasteiger partial charge in [-0.25, -0.2) is 0 Å². The van der Waals surface area contributed by atoms with Gasteiger partial charge in [-0.15, -0.1) is 18.2 Å². The minimum atomic E-state index is 0.206. The summed E-state index contributed by atoms with van der Waals surface area (Å²) in [7, 11) is 0. The molecule has 0 fully saturated rings. The molecule has 3 nitrogen and oxygen atoms in total. The number of nitrogens with one attached hydrogen (secondary N) is 2. The van der Waals surface area contributed by atoms with Gasteiger partial charge in [0.2, 0.25) is 0 Å². The number of hydrogen-bond acceptors (Lipinski definition) is 3. The van der Waals surface area contributed by atoms with Crippen LogP contribution in [0.1, 0.15) is 0 Å². The van der Waals surface area contributed by atoms with Gasteiger partial charge in [0.1, 0.15) is 4.32 Å². The normalized spacial score (nSPS) is 7.67. The van der Waals surface area contributed by atoms with Crippen molar-refractivity contribution in [2.24, 2.45) is 0 Å². The van der Waals surface area contributed by atoms with E-state index in [0.717, 1.165) is 0 Å². The van der Waals surface area contributed by atoms with Crippen LogP contribution in [0.5, 0.6) is 0 Å². The molecule has 0 amide bonds. The molecule has 0 aliphatic carbocycles. The molecule has 0 aliphatic rings. The highest BCUT2D eigenvalue weighted by atomic mass is 32.1. The third-order valence-electron chi connectivity index (χ3n) is 0.163. The van der Waals surface area contributed by atoms with Crippen LogP contribution in [0.15, 0.2) is 0 Å². The maximum atomic E-state index is 7.74. The second kappa shape index (κ2) is 3.35. The summed E-state index contributed by atoms with van der Waals surface area (Å²) in [5.41, 5.74) is 3.71. The van der Waals surface area contributed by atoms with Crippen molar-refractivity contribution in [3.63, 3.8) is 0 Å². The third-order valence-corrected chi connectivity index (χ3v) is 0.377. The summed E-state index contributed by atoms with van der Waals surface area (Å²) in [6.07, 6.45) is 0. The zero-order chi connectivity index (χ0) is 4.99. The first-order valence-electron chi connectivity index (χ1n) is 1.15. The Hall–Kier alpha value is 0.160. The lowest BCUT2D eigenvalue weighted by Gasteiger charge is -1.92. The van der Waals surface area contributed by atoms with E-state index in [-0.39, 0.29) is 4.32 Å². The molecule has 0 aromatic heterocycles. The molecule has 0 aromatic rings. The predicted molar refractivity (Wildman–Crippen MR) is 29.6 cm³/mol. The van der Waals surface area contributed by atoms with E-state index in [1.807, 2.05) is 0 Å². The van der Waals surface area contributed by atoms with Gasteiger partial charge in [-0.1, -0.05) is 12.2 Å². The summed E-state index contributed by atoms with van der Waals surface area (Å²) in [6.45, 7) is 0. The van der Waals surface area contributed by atoms with Gasteiger partial charge in [0.25, 0.3) is 0 Å². The molecule has 0 rings (SSSR count). The molecule has 0 radical (unpaired) electrons. The van der Waals surface area contributed by atoms with Gasteiger partial charge in [-0.2, -0.15) is 0 Å². The molecule has 0 heterocycles. The maximum absolute atomic E-state index is 7.74. The number of thiocarbonyl (C=S) groups is 1. The number of rotatable bonds is 1. The van der Waals surface area contributed by atoms with E-state index in [1.54, 1.807) is 5.59 Å². The number of thiol groups is 1. The summed E-state index contributed by atoms with van der Waals surface area (Å²) in [5.74, 6) is 0. The Labute approximate surface area is 46.1 Å². The monoisotopic (exact) mass is 124 g/mol. The molecule has 5 heteroatoms. The van der Waals surface area contributed by atoms with Crippen LogP contribution in [0.2, 0.25) is 0 Å². The zero-order valence-corrected chi connectivity index (χ0v) is 4.51. The predicted octanol–water partition coefficient (Wildman–Crippen LogP) is -0.316. The van der Waals surface area contributed by atoms with E-state index in [0.29, 0.717) is 0 Å². The van der Waals surface area contributed by atoms with Crippen LogP contribution in [-0.4, -0.2) is 9.53 Å². The SMILES string of the molecule is ONNC(=S)S. The van der Waals surface area contributed by atoms with Crippen LogP contribution in [-0.2, 0) is 0 Å². The van der Waals surface area contributed by atoms with Crippen molar-refractivity contribution in [3.8, 4) is 0 Å². The van der Waals surface area contributed by atoms with Gasteiger partial charge in [0.15, 0.2) is 0 Å². The molecule has 0 aliphatic heterocycles. The largest absolute Gasteiger partial charge is 0.297 e. The van der Waals surface area contributed by atoms with E-state index in [4.69, 9.17) is 5.21 Å². The van der Waals surface area contributed by atoms with Crippen LogP contribution >= 0.6 is 24.8 Å². The minimum Gasteiger partial charge on any atom is -0.297 e. The summed E-state index contributed by atoms with van der Waals surface area (Å²) in [4.78, 5) is 0. The Bertz CT molecular complexity index is 55.5. The van der Waals surface area contributed by atoms with E-state index in [1.165, 1.54) is 0 Å². The van der Waals surface area contributed by atoms with Gasteiger partial charge in [-0.3, -0.25) is 10.6 Å². The van der Waals surface area contributed by atoms with Crippen LogP contribution in [0, 0.1) is 0 Å². The molecule has 36 valence electrons. The Morgan fingerprint density at radius 3 is 2.33 bits per heavy atom. The highest BCUT2D eigenvalue weighted by Gasteiger charge is 1.74. The molecule has 0 atom stereocenters. The summed E-state index contributed by atoms with van der Waals surface area (Å²) < 4.78 is 0.206. The molecule has 0 aromatic carbocycles. The van der Waals surface area contributed by atoms with Crippen LogP contribution in [0.25, 0.3) is 0 Å². The van der Waals surface area contributed by atoms with E-state index in [2.05, 4.69) is 30.3 Å². The molecule has 3 N–H and O–H groups in total. The van der Waals surface area contributed by atoms with Crippen LogP contribution in [0.4, 0.5) is 0 Å². The van der Waals surface area contributed by atoms with Crippen molar-refractivity contribution < 1.29 is 5.21 Å². The van der Waals surface area contributed by atoms with Crippen molar-refractivity contribution in [1.29, 1.82) is 0 Å². The fourth-order valence-corrected chi connectivity index (χ4v) is 0.143. The van der Waals surface area contributed by atoms with Crippen molar-refractivity contribution >= 4 is 29.2 Å². The average Bonchev–Trinajstić information content (AvgIpc) is 1.35. The van der Waals surface area contributed by atoms with Crippen LogP contribution < -0.4 is 11.0 Å². The number of hydrogen-bond donors (Lipinski definition) is 4. The maximum Gasteiger partial charge on any atom is 0.146 e. The lowest BCUT2D eigenvalue weighted by atomic mass is 11.5. The van der Waals surface area contributed by atoms with E-state index < -0.39 is 0 Å². The lowest BCUT2D eigenvalue weighted by Crippen LogP contribution is -2.29. The van der Waals surface area contributed by atoms with Gasteiger partial charge >= 0.3 is 0 Å². The van der Waals surface area contributed by atoms with E-state index >= 15 is 0 Å². The van der Waals surface area contributed by atoms with Crippen molar-refractivity contribution in [1.82, 2.24) is 11.0 Å². The average molecular weight is 124 g/mol. The summed E-state index contributed by atoms with van der Waals surface area (Å²) in [6, 6.07) is 0. The third kappa shape index (κ3) is 4.16. The fourth-order valence-electron chi connectivity index (χ4n) is 0.0478. The molecule has 0 saturated carbocycles. The molecular formula is CH4N2OS2. The first kappa shape index (κ1) is 6.16. The topological polar surface area (TPSA) is 44.3 Å². The highest BCUT2D eigenvalue weighted by molar-refractivity contribution is 8.11. The Balaban J connectivity index is 2.83. The van der Waals surface area contributed by atoms with Gasteiger partial charge < -0.3 is 0 Å². The quantitative estimate of drug-likeness (QED) is 0.220. The van der Waals surface area contributed by atoms with Gasteiger partial charge in [0.05, 0.1) is 0 Å². The van der Waals surface area contributed by atoms with Crippen molar-refractivity contribution in [2.75, 3.05) is 0 Å². The molecule has 0 spiro atoms. The second-order valence-electron chi connectivity index (χ2n) is 0.542. The fraction of sp³-hybridized carbons (Fsp3) is 0. The Morgan fingerprint density at radius 2 is 2.33 bits per heavy atom. The first-order chi connectivity index (χ1) is 2.77. The standard InChI is InChI=1S/CH4N2OS2/c4-3-2-1(5)6/h3-4H,(H2,2,5,6). The minimum absolute atomic E-state index is 0.206. The second-order valence-corrected chi connectivity index (χ2v) is 1.70. The highest BCUT2D eigenvalue weighted by Crippen LogP contribution is 1.69. The summed E-state index contributed by atoms with van der Waals surface area (Å²) >= 11 is 7.90. The number of hydrazine groups is 1. The smallest absolute Gasteiger partial charge is 0.146 e. The molecular weight excluding hydrogens is 120 g/mol. The first-order valence-corrected chi connectivity index (χ1v) is 2.01. The zero-order valence-electron chi connectivity index (χ0n) is 2.80. The Morgan fingerprint density at radius 1 is 1.83 bits per heavy atom. The van der Waals surface area contributed by atoms with Crippen molar-refractivity contribution in [2.45, 2.75) is 0 Å². The molecule has 0 bridgehead atoms. The Kier molecular flexibility index (Phi) is 3.44. The molecule has 6 heavy (non-hydrogen) atoms. The lowest BCUT2D eigenvalue weighted by molar-refractivity contribution is 0.146.